The number of aromatic nitrogens is 3. The van der Waals surface area contributed by atoms with E-state index in [9.17, 15) is 0 Å². The van der Waals surface area contributed by atoms with E-state index < -0.39 is 0 Å². The maximum Gasteiger partial charge on any atom is 0.119 e. The summed E-state index contributed by atoms with van der Waals surface area (Å²) in [5.41, 5.74) is 2.98. The van der Waals surface area contributed by atoms with Gasteiger partial charge in [0.25, 0.3) is 0 Å². The molecule has 0 aromatic heterocycles. The molecule has 84 valence electrons. The van der Waals surface area contributed by atoms with Crippen LogP contribution in [0.4, 0.5) is 0 Å². The molecule has 0 radical (unpaired) electrons. The largest absolute Gasteiger partial charge is 0.497 e. The van der Waals surface area contributed by atoms with Crippen LogP contribution in [0.3, 0.4) is 0 Å². The third-order valence-corrected chi connectivity index (χ3v) is 2.70. The zero-order valence-electron chi connectivity index (χ0n) is 9.37. The van der Waals surface area contributed by atoms with Crippen molar-refractivity contribution in [3.8, 4) is 22.8 Å². The lowest BCUT2D eigenvalue weighted by molar-refractivity contribution is 0.414. The normalized spacial score (nSPS) is 10.6. The Balaban J connectivity index is 2.11. The molecule has 0 unspecified atom stereocenters. The molecule has 4 nitrogen and oxygen atoms in total. The topological polar surface area (TPSA) is 39.9 Å². The van der Waals surface area contributed by atoms with Crippen molar-refractivity contribution >= 4 is 0 Å². The summed E-state index contributed by atoms with van der Waals surface area (Å²) in [6, 6.07) is 9.82. The van der Waals surface area contributed by atoms with Gasteiger partial charge in [0.15, 0.2) is 0 Å². The van der Waals surface area contributed by atoms with Crippen molar-refractivity contribution in [2.45, 2.75) is 0 Å². The van der Waals surface area contributed by atoms with E-state index in [1.165, 1.54) is 0 Å². The molecule has 1 aromatic carbocycles. The van der Waals surface area contributed by atoms with Crippen molar-refractivity contribution in [1.29, 1.82) is 0 Å². The maximum absolute atomic E-state index is 5.14. The summed E-state index contributed by atoms with van der Waals surface area (Å²) in [7, 11) is 1.66. The zero-order valence-corrected chi connectivity index (χ0v) is 9.37. The Morgan fingerprint density at radius 1 is 1.12 bits per heavy atom. The van der Waals surface area contributed by atoms with Crippen LogP contribution in [-0.4, -0.2) is 21.6 Å². The van der Waals surface area contributed by atoms with E-state index in [4.69, 9.17) is 4.74 Å². The summed E-state index contributed by atoms with van der Waals surface area (Å²) in [6.07, 6.45) is 5.33. The molecule has 0 amide bonds. The SMILES string of the molecule is COc1ccc(-n2cncc3nccc2-3)cc1. The molecule has 0 saturated heterocycles. The molecule has 4 heteroatoms. The minimum absolute atomic E-state index is 0.843. The summed E-state index contributed by atoms with van der Waals surface area (Å²) in [4.78, 5) is 8.40. The summed E-state index contributed by atoms with van der Waals surface area (Å²) in [5, 5.41) is 0. The van der Waals surface area contributed by atoms with E-state index >= 15 is 0 Å². The predicted molar refractivity (Wildman–Crippen MR) is 64.5 cm³/mol. The molecule has 0 bridgehead atoms. The quantitative estimate of drug-likeness (QED) is 0.672. The lowest BCUT2D eigenvalue weighted by Crippen LogP contribution is -2.00. The van der Waals surface area contributed by atoms with Gasteiger partial charge in [0, 0.05) is 11.9 Å². The summed E-state index contributed by atoms with van der Waals surface area (Å²) in [5.74, 6) is 0.843. The second-order valence-electron chi connectivity index (χ2n) is 3.68. The Hall–Kier alpha value is -2.36. The van der Waals surface area contributed by atoms with Crippen LogP contribution in [-0.2, 0) is 0 Å². The molecule has 0 aliphatic carbocycles. The van der Waals surface area contributed by atoms with Crippen LogP contribution in [0, 0.1) is 0 Å². The standard InChI is InChI=1S/C13H11N3O/c1-17-11-4-2-10(3-5-11)16-9-14-8-12-13(16)6-7-15-12/h2-9H,1H3. The molecule has 3 rings (SSSR count). The second-order valence-corrected chi connectivity index (χ2v) is 3.68. The average molecular weight is 225 g/mol. The van der Waals surface area contributed by atoms with Crippen LogP contribution in [0.15, 0.2) is 49.1 Å². The van der Waals surface area contributed by atoms with Gasteiger partial charge >= 0.3 is 0 Å². The third kappa shape index (κ3) is 1.63. The van der Waals surface area contributed by atoms with E-state index in [0.717, 1.165) is 22.8 Å². The van der Waals surface area contributed by atoms with Crippen molar-refractivity contribution in [3.63, 3.8) is 0 Å². The van der Waals surface area contributed by atoms with Gasteiger partial charge in [-0.3, -0.25) is 9.55 Å². The summed E-state index contributed by atoms with van der Waals surface area (Å²) >= 11 is 0. The lowest BCUT2D eigenvalue weighted by atomic mass is 10.2. The third-order valence-electron chi connectivity index (χ3n) is 2.70. The highest BCUT2D eigenvalue weighted by atomic mass is 16.5. The van der Waals surface area contributed by atoms with E-state index in [2.05, 4.69) is 9.97 Å². The number of benzene rings is 1. The van der Waals surface area contributed by atoms with Crippen LogP contribution >= 0.6 is 0 Å². The van der Waals surface area contributed by atoms with Crippen molar-refractivity contribution < 1.29 is 4.74 Å². The molecule has 0 N–H and O–H groups in total. The molecular formula is C13H11N3O. The average Bonchev–Trinajstić information content (AvgIpc) is 2.87. The number of ether oxygens (including phenoxy) is 1. The summed E-state index contributed by atoms with van der Waals surface area (Å²) in [6.45, 7) is 0. The van der Waals surface area contributed by atoms with Crippen LogP contribution in [0.1, 0.15) is 0 Å². The Morgan fingerprint density at radius 2 is 1.94 bits per heavy atom. The highest BCUT2D eigenvalue weighted by molar-refractivity contribution is 5.59. The van der Waals surface area contributed by atoms with Crippen LogP contribution in [0.25, 0.3) is 17.1 Å². The fraction of sp³-hybridized carbons (Fsp3) is 0.0769. The fourth-order valence-electron chi connectivity index (χ4n) is 1.82. The highest BCUT2D eigenvalue weighted by Crippen LogP contribution is 2.23. The lowest BCUT2D eigenvalue weighted by Gasteiger charge is -2.11. The van der Waals surface area contributed by atoms with E-state index in [0.29, 0.717) is 0 Å². The highest BCUT2D eigenvalue weighted by Gasteiger charge is 2.08. The minimum atomic E-state index is 0.843. The molecule has 0 saturated carbocycles. The van der Waals surface area contributed by atoms with Crippen LogP contribution in [0.5, 0.6) is 5.75 Å². The van der Waals surface area contributed by atoms with Crippen molar-refractivity contribution in [2.75, 3.05) is 7.11 Å². The van der Waals surface area contributed by atoms with Gasteiger partial charge < -0.3 is 4.74 Å². The van der Waals surface area contributed by atoms with Crippen LogP contribution in [0.2, 0.25) is 0 Å². The maximum atomic E-state index is 5.14. The van der Waals surface area contributed by atoms with Gasteiger partial charge in [-0.05, 0) is 30.3 Å². The molecule has 1 aromatic rings. The number of methoxy groups -OCH3 is 1. The van der Waals surface area contributed by atoms with Gasteiger partial charge in [-0.1, -0.05) is 0 Å². The predicted octanol–water partition coefficient (Wildman–Crippen LogP) is 2.38. The Bertz CT molecular complexity index is 600. The first-order chi connectivity index (χ1) is 8.38. The Morgan fingerprint density at radius 3 is 2.71 bits per heavy atom. The number of rotatable bonds is 2. The number of hydrogen-bond donors (Lipinski definition) is 0. The minimum Gasteiger partial charge on any atom is -0.497 e. The van der Waals surface area contributed by atoms with E-state index in [1.54, 1.807) is 25.8 Å². The molecule has 2 aliphatic heterocycles. The van der Waals surface area contributed by atoms with Gasteiger partial charge in [0.05, 0.1) is 25.3 Å². The smallest absolute Gasteiger partial charge is 0.119 e. The van der Waals surface area contributed by atoms with E-state index in [1.807, 2.05) is 34.9 Å². The molecule has 2 heterocycles. The fourth-order valence-corrected chi connectivity index (χ4v) is 1.82. The molecule has 2 aliphatic rings. The first-order valence-corrected chi connectivity index (χ1v) is 5.30. The second kappa shape index (κ2) is 3.90. The zero-order chi connectivity index (χ0) is 11.7. The molecule has 17 heavy (non-hydrogen) atoms. The number of hydrogen-bond acceptors (Lipinski definition) is 3. The Labute approximate surface area is 98.9 Å². The summed E-state index contributed by atoms with van der Waals surface area (Å²) < 4.78 is 7.14. The molecule has 0 atom stereocenters. The number of fused-ring (bicyclic) bond motifs is 1. The van der Waals surface area contributed by atoms with E-state index in [-0.39, 0.29) is 0 Å². The van der Waals surface area contributed by atoms with Gasteiger partial charge in [0.1, 0.15) is 11.4 Å². The van der Waals surface area contributed by atoms with Gasteiger partial charge in [-0.15, -0.1) is 0 Å². The van der Waals surface area contributed by atoms with Crippen molar-refractivity contribution in [1.82, 2.24) is 14.5 Å². The van der Waals surface area contributed by atoms with Crippen molar-refractivity contribution in [3.05, 3.63) is 49.1 Å². The molecule has 0 fully saturated rings. The monoisotopic (exact) mass is 225 g/mol. The van der Waals surface area contributed by atoms with Gasteiger partial charge in [-0.2, -0.15) is 0 Å². The van der Waals surface area contributed by atoms with Gasteiger partial charge in [-0.25, -0.2) is 4.98 Å². The molecule has 0 spiro atoms. The first kappa shape index (κ1) is 9.84. The Kier molecular flexibility index (Phi) is 2.26. The van der Waals surface area contributed by atoms with Crippen molar-refractivity contribution in [2.24, 2.45) is 0 Å². The van der Waals surface area contributed by atoms with Gasteiger partial charge in [0.2, 0.25) is 0 Å². The first-order valence-electron chi connectivity index (χ1n) is 5.30. The molecular weight excluding hydrogens is 214 g/mol. The number of nitrogens with zero attached hydrogens (tertiary/aromatic N) is 3. The van der Waals surface area contributed by atoms with Crippen LogP contribution < -0.4 is 4.74 Å².